The first-order chi connectivity index (χ1) is 13.5. The lowest BCUT2D eigenvalue weighted by molar-refractivity contribution is 0.403. The number of thiophene rings is 1. The summed E-state index contributed by atoms with van der Waals surface area (Å²) in [5.74, 6) is -1.33. The molecule has 0 unspecified atom stereocenters. The van der Waals surface area contributed by atoms with E-state index in [-0.39, 0.29) is 28.5 Å². The summed E-state index contributed by atoms with van der Waals surface area (Å²) in [6, 6.07) is 7.46. The maximum atomic E-state index is 14.5. The highest BCUT2D eigenvalue weighted by Gasteiger charge is 2.24. The summed E-state index contributed by atoms with van der Waals surface area (Å²) in [6.07, 6.45) is 1.60. The van der Waals surface area contributed by atoms with Crippen LogP contribution in [0.3, 0.4) is 0 Å². The molecular weight excluding hydrogens is 406 g/mol. The molecule has 4 aromatic rings. The Bertz CT molecular complexity index is 1220. The van der Waals surface area contributed by atoms with E-state index in [1.807, 2.05) is 5.38 Å². The topological polar surface area (TPSA) is 63.7 Å². The van der Waals surface area contributed by atoms with Crippen LogP contribution in [0.2, 0.25) is 5.02 Å². The number of aromatic nitrogens is 3. The minimum atomic E-state index is -0.779. The van der Waals surface area contributed by atoms with Gasteiger partial charge in [-0.2, -0.15) is 10.4 Å². The van der Waals surface area contributed by atoms with Gasteiger partial charge in [-0.05, 0) is 18.2 Å². The van der Waals surface area contributed by atoms with Crippen LogP contribution in [0.25, 0.3) is 27.8 Å². The number of nitrogens with zero attached hydrogens (tertiary/aromatic N) is 4. The lowest BCUT2D eigenvalue weighted by Crippen LogP contribution is -2.03. The molecule has 5 nitrogen and oxygen atoms in total. The molecule has 3 aromatic heterocycles. The van der Waals surface area contributed by atoms with Crippen LogP contribution in [0.4, 0.5) is 8.78 Å². The van der Waals surface area contributed by atoms with Crippen molar-refractivity contribution in [3.05, 3.63) is 57.4 Å². The molecule has 0 aliphatic rings. The highest BCUT2D eigenvalue weighted by molar-refractivity contribution is 7.10. The van der Waals surface area contributed by atoms with Gasteiger partial charge in [0.15, 0.2) is 11.6 Å². The van der Waals surface area contributed by atoms with Gasteiger partial charge in [0.05, 0.1) is 36.2 Å². The molecule has 3 heterocycles. The van der Waals surface area contributed by atoms with Crippen molar-refractivity contribution in [1.82, 2.24) is 14.8 Å². The number of ether oxygens (including phenoxy) is 1. The lowest BCUT2D eigenvalue weighted by atomic mass is 10.1. The van der Waals surface area contributed by atoms with Crippen LogP contribution in [0.15, 0.2) is 35.8 Å². The van der Waals surface area contributed by atoms with Crippen molar-refractivity contribution >= 4 is 33.8 Å². The Kier molecular flexibility index (Phi) is 4.71. The minimum absolute atomic E-state index is 0.171. The van der Waals surface area contributed by atoms with E-state index in [0.29, 0.717) is 16.6 Å². The first kappa shape index (κ1) is 18.3. The average molecular weight is 417 g/mol. The van der Waals surface area contributed by atoms with Crippen LogP contribution in [0, 0.1) is 23.0 Å². The van der Waals surface area contributed by atoms with Crippen LogP contribution in [0.1, 0.15) is 4.88 Å². The third kappa shape index (κ3) is 2.89. The second-order valence-corrected chi connectivity index (χ2v) is 7.21. The third-order valence-electron chi connectivity index (χ3n) is 4.14. The maximum Gasteiger partial charge on any atom is 0.225 e. The summed E-state index contributed by atoms with van der Waals surface area (Å²) in [4.78, 5) is 5.00. The van der Waals surface area contributed by atoms with E-state index in [1.54, 1.807) is 6.07 Å². The quantitative estimate of drug-likeness (QED) is 0.461. The molecule has 9 heteroatoms. The third-order valence-corrected chi connectivity index (χ3v) is 5.36. The van der Waals surface area contributed by atoms with E-state index in [1.165, 1.54) is 30.7 Å². The van der Waals surface area contributed by atoms with Crippen molar-refractivity contribution in [3.63, 3.8) is 0 Å². The fraction of sp³-hybridized carbons (Fsp3) is 0.105. The molecule has 0 saturated carbocycles. The molecule has 0 saturated heterocycles. The molecule has 0 amide bonds. The zero-order valence-electron chi connectivity index (χ0n) is 14.4. The van der Waals surface area contributed by atoms with Gasteiger partial charge < -0.3 is 4.74 Å². The van der Waals surface area contributed by atoms with E-state index < -0.39 is 11.6 Å². The van der Waals surface area contributed by atoms with Crippen LogP contribution >= 0.6 is 22.9 Å². The van der Waals surface area contributed by atoms with Crippen molar-refractivity contribution < 1.29 is 13.5 Å². The van der Waals surface area contributed by atoms with Crippen molar-refractivity contribution in [2.75, 3.05) is 7.11 Å². The monoisotopic (exact) mass is 416 g/mol. The van der Waals surface area contributed by atoms with Gasteiger partial charge in [0.1, 0.15) is 16.9 Å². The first-order valence-corrected chi connectivity index (χ1v) is 9.31. The van der Waals surface area contributed by atoms with Gasteiger partial charge >= 0.3 is 0 Å². The van der Waals surface area contributed by atoms with Crippen LogP contribution < -0.4 is 4.74 Å². The van der Waals surface area contributed by atoms with Crippen molar-refractivity contribution in [2.24, 2.45) is 0 Å². The molecule has 0 N–H and O–H groups in total. The maximum absolute atomic E-state index is 14.5. The Morgan fingerprint density at radius 2 is 2.07 bits per heavy atom. The summed E-state index contributed by atoms with van der Waals surface area (Å²) in [7, 11) is 1.44. The van der Waals surface area contributed by atoms with Gasteiger partial charge in [0, 0.05) is 15.8 Å². The molecule has 4 rings (SSSR count). The Labute approximate surface area is 167 Å². The number of halogens is 3. The highest BCUT2D eigenvalue weighted by atomic mass is 35.5. The summed E-state index contributed by atoms with van der Waals surface area (Å²) in [5, 5.41) is 15.8. The first-order valence-electron chi connectivity index (χ1n) is 8.05. The van der Waals surface area contributed by atoms with Crippen LogP contribution in [0.5, 0.6) is 5.88 Å². The Balaban J connectivity index is 2.09. The molecule has 0 aliphatic heterocycles. The molecule has 0 atom stereocenters. The van der Waals surface area contributed by atoms with Gasteiger partial charge in [0.25, 0.3) is 0 Å². The molecule has 0 fully saturated rings. The summed E-state index contributed by atoms with van der Waals surface area (Å²) < 4.78 is 35.4. The normalized spacial score (nSPS) is 11.0. The number of methoxy groups -OCH3 is 1. The predicted molar refractivity (Wildman–Crippen MR) is 103 cm³/mol. The summed E-state index contributed by atoms with van der Waals surface area (Å²) >= 11 is 7.73. The standard InChI is InChI=1S/C19H11ClF2N4OS/c1-27-19-15-16(10-7-11(5-6-23)28-9-10)25-26(17(15)12(20)8-24-19)18-13(21)3-2-4-14(18)22/h2-4,7-9H,5H2,1H3. The second kappa shape index (κ2) is 7.19. The average Bonchev–Trinajstić information content (AvgIpc) is 3.28. The fourth-order valence-electron chi connectivity index (χ4n) is 2.97. The highest BCUT2D eigenvalue weighted by Crippen LogP contribution is 2.40. The number of hydrogen-bond donors (Lipinski definition) is 0. The van der Waals surface area contributed by atoms with E-state index in [9.17, 15) is 8.78 Å². The Morgan fingerprint density at radius 1 is 1.32 bits per heavy atom. The number of nitriles is 1. The Hall–Kier alpha value is -3.02. The lowest BCUT2D eigenvalue weighted by Gasteiger charge is -2.08. The van der Waals surface area contributed by atoms with Crippen molar-refractivity contribution in [1.29, 1.82) is 5.26 Å². The van der Waals surface area contributed by atoms with Crippen molar-refractivity contribution in [3.8, 4) is 28.9 Å². The van der Waals surface area contributed by atoms with E-state index in [0.717, 1.165) is 21.7 Å². The molecular formula is C19H11ClF2N4OS. The smallest absolute Gasteiger partial charge is 0.225 e. The summed E-state index contributed by atoms with van der Waals surface area (Å²) in [6.45, 7) is 0. The van der Waals surface area contributed by atoms with Gasteiger partial charge in [-0.25, -0.2) is 18.4 Å². The predicted octanol–water partition coefficient (Wildman–Crippen LogP) is 5.16. The van der Waals surface area contributed by atoms with Gasteiger partial charge in [0.2, 0.25) is 5.88 Å². The minimum Gasteiger partial charge on any atom is -0.480 e. The second-order valence-electron chi connectivity index (χ2n) is 5.81. The summed E-state index contributed by atoms with van der Waals surface area (Å²) in [5.41, 5.74) is 1.02. The van der Waals surface area contributed by atoms with E-state index in [4.69, 9.17) is 21.6 Å². The van der Waals surface area contributed by atoms with Gasteiger partial charge in [-0.1, -0.05) is 17.7 Å². The Morgan fingerprint density at radius 3 is 2.75 bits per heavy atom. The molecule has 28 heavy (non-hydrogen) atoms. The number of benzene rings is 1. The van der Waals surface area contributed by atoms with E-state index in [2.05, 4.69) is 16.2 Å². The van der Waals surface area contributed by atoms with Crippen LogP contribution in [-0.2, 0) is 6.42 Å². The number of pyridine rings is 1. The zero-order valence-corrected chi connectivity index (χ0v) is 16.0. The van der Waals surface area contributed by atoms with Crippen molar-refractivity contribution in [2.45, 2.75) is 6.42 Å². The van der Waals surface area contributed by atoms with Crippen LogP contribution in [-0.4, -0.2) is 21.9 Å². The molecule has 0 bridgehead atoms. The number of para-hydroxylation sites is 1. The molecule has 0 spiro atoms. The number of hydrogen-bond acceptors (Lipinski definition) is 5. The molecule has 0 radical (unpaired) electrons. The molecule has 140 valence electrons. The SMILES string of the molecule is COc1ncc(Cl)c2c1c(-c1csc(CC#N)c1)nn2-c1c(F)cccc1F. The van der Waals surface area contributed by atoms with E-state index >= 15 is 0 Å². The molecule has 1 aromatic carbocycles. The fourth-order valence-corrected chi connectivity index (χ4v) is 3.99. The zero-order chi connectivity index (χ0) is 19.8. The van der Waals surface area contributed by atoms with Gasteiger partial charge in [-0.15, -0.1) is 11.3 Å². The number of rotatable bonds is 4. The number of fused-ring (bicyclic) bond motifs is 1. The largest absolute Gasteiger partial charge is 0.480 e. The molecule has 0 aliphatic carbocycles. The van der Waals surface area contributed by atoms with Gasteiger partial charge in [-0.3, -0.25) is 0 Å².